The van der Waals surface area contributed by atoms with E-state index in [1.165, 1.54) is 6.26 Å². The third kappa shape index (κ3) is 6.62. The van der Waals surface area contributed by atoms with E-state index in [1.807, 2.05) is 91.0 Å². The van der Waals surface area contributed by atoms with Gasteiger partial charge in [0.1, 0.15) is 18.3 Å². The van der Waals surface area contributed by atoms with Crippen molar-refractivity contribution in [2.24, 2.45) is 0 Å². The first kappa shape index (κ1) is 22.9. The smallest absolute Gasteiger partial charge is 0.151 e. The number of rotatable bonds is 11. The predicted molar refractivity (Wildman–Crippen MR) is 125 cm³/mol. The Balaban J connectivity index is 1.47. The maximum atomic E-state index is 11.8. The van der Waals surface area contributed by atoms with E-state index in [2.05, 4.69) is 0 Å². The van der Waals surface area contributed by atoms with Crippen LogP contribution in [0.2, 0.25) is 0 Å². The van der Waals surface area contributed by atoms with Gasteiger partial charge in [0, 0.05) is 0 Å². The number of carbonyl (C=O) groups excluding carboxylic acids is 1. The molecule has 5 heteroatoms. The fourth-order valence-corrected chi connectivity index (χ4v) is 3.70. The lowest BCUT2D eigenvalue weighted by Gasteiger charge is -2.36. The molecule has 4 rings (SSSR count). The molecular formula is C28H28O5. The average Bonchev–Trinajstić information content (AvgIpc) is 2.88. The molecule has 0 fully saturated rings. The van der Waals surface area contributed by atoms with Crippen molar-refractivity contribution in [1.29, 1.82) is 0 Å². The molecule has 0 saturated heterocycles. The number of aldehydes is 1. The molecule has 3 atom stereocenters. The van der Waals surface area contributed by atoms with Gasteiger partial charge in [-0.05, 0) is 16.7 Å². The largest absolute Gasteiger partial charge is 0.492 e. The third-order valence-electron chi connectivity index (χ3n) is 5.46. The normalized spacial score (nSPS) is 20.0. The van der Waals surface area contributed by atoms with Crippen LogP contribution >= 0.6 is 0 Å². The Morgan fingerprint density at radius 1 is 0.697 bits per heavy atom. The fraction of sp³-hybridized carbons (Fsp3) is 0.250. The number of hydrogen-bond donors (Lipinski definition) is 0. The number of hydrogen-bond acceptors (Lipinski definition) is 5. The molecule has 0 aliphatic carbocycles. The monoisotopic (exact) mass is 444 g/mol. The van der Waals surface area contributed by atoms with E-state index in [-0.39, 0.29) is 0 Å². The second-order valence-electron chi connectivity index (χ2n) is 7.89. The Labute approximate surface area is 194 Å². The molecule has 0 unspecified atom stereocenters. The molecule has 33 heavy (non-hydrogen) atoms. The molecule has 1 aliphatic rings. The van der Waals surface area contributed by atoms with E-state index in [0.29, 0.717) is 32.0 Å². The summed E-state index contributed by atoms with van der Waals surface area (Å²) in [7, 11) is 0. The van der Waals surface area contributed by atoms with E-state index in [0.717, 1.165) is 23.0 Å². The van der Waals surface area contributed by atoms with Crippen molar-refractivity contribution in [3.63, 3.8) is 0 Å². The van der Waals surface area contributed by atoms with Crippen LogP contribution in [0, 0.1) is 0 Å². The van der Waals surface area contributed by atoms with Gasteiger partial charge in [0.15, 0.2) is 6.29 Å². The van der Waals surface area contributed by atoms with Gasteiger partial charge in [-0.1, -0.05) is 91.0 Å². The van der Waals surface area contributed by atoms with E-state index < -0.39 is 18.3 Å². The lowest BCUT2D eigenvalue weighted by molar-refractivity contribution is -0.153. The Morgan fingerprint density at radius 2 is 1.21 bits per heavy atom. The van der Waals surface area contributed by atoms with E-state index >= 15 is 0 Å². The Kier molecular flexibility index (Phi) is 8.42. The molecule has 0 N–H and O–H groups in total. The van der Waals surface area contributed by atoms with Crippen LogP contribution in [0.5, 0.6) is 0 Å². The van der Waals surface area contributed by atoms with E-state index in [4.69, 9.17) is 18.9 Å². The minimum absolute atomic E-state index is 0.308. The van der Waals surface area contributed by atoms with Crippen LogP contribution in [0.4, 0.5) is 0 Å². The molecule has 0 amide bonds. The lowest BCUT2D eigenvalue weighted by atomic mass is 9.99. The number of ether oxygens (including phenoxy) is 4. The van der Waals surface area contributed by atoms with Crippen LogP contribution in [0.25, 0.3) is 0 Å². The topological polar surface area (TPSA) is 54.0 Å². The highest BCUT2D eigenvalue weighted by Crippen LogP contribution is 2.26. The van der Waals surface area contributed by atoms with Crippen molar-refractivity contribution in [1.82, 2.24) is 0 Å². The first-order valence-corrected chi connectivity index (χ1v) is 11.1. The predicted octanol–water partition coefficient (Wildman–Crippen LogP) is 4.86. The van der Waals surface area contributed by atoms with Crippen molar-refractivity contribution in [2.45, 2.75) is 38.1 Å². The lowest BCUT2D eigenvalue weighted by Crippen LogP contribution is -2.48. The van der Waals surface area contributed by atoms with E-state index in [1.54, 1.807) is 0 Å². The molecule has 0 saturated carbocycles. The molecule has 3 aromatic rings. The van der Waals surface area contributed by atoms with Gasteiger partial charge in [0.25, 0.3) is 0 Å². The fourth-order valence-electron chi connectivity index (χ4n) is 3.70. The van der Waals surface area contributed by atoms with Crippen molar-refractivity contribution >= 4 is 6.29 Å². The molecule has 1 heterocycles. The van der Waals surface area contributed by atoms with Gasteiger partial charge in [-0.3, -0.25) is 4.79 Å². The second kappa shape index (κ2) is 12.1. The summed E-state index contributed by atoms with van der Waals surface area (Å²) in [6, 6.07) is 29.7. The van der Waals surface area contributed by atoms with Crippen LogP contribution in [0.3, 0.4) is 0 Å². The minimum atomic E-state index is -0.564. The Hall–Kier alpha value is -3.25. The van der Waals surface area contributed by atoms with Crippen molar-refractivity contribution in [2.75, 3.05) is 6.61 Å². The van der Waals surface area contributed by atoms with Crippen LogP contribution < -0.4 is 0 Å². The average molecular weight is 445 g/mol. The van der Waals surface area contributed by atoms with E-state index in [9.17, 15) is 4.79 Å². The second-order valence-corrected chi connectivity index (χ2v) is 7.89. The van der Waals surface area contributed by atoms with Crippen molar-refractivity contribution in [3.8, 4) is 0 Å². The highest BCUT2D eigenvalue weighted by atomic mass is 16.6. The molecule has 170 valence electrons. The maximum absolute atomic E-state index is 11.8. The van der Waals surface area contributed by atoms with Gasteiger partial charge in [0.05, 0.1) is 38.3 Å². The molecule has 0 radical (unpaired) electrons. The summed E-state index contributed by atoms with van der Waals surface area (Å²) >= 11 is 0. The quantitative estimate of drug-likeness (QED) is 0.396. The zero-order valence-electron chi connectivity index (χ0n) is 18.4. The summed E-state index contributed by atoms with van der Waals surface area (Å²) in [5, 5.41) is 0. The molecule has 1 aliphatic heterocycles. The molecule has 0 aromatic heterocycles. The standard InChI is InChI=1S/C28H28O5/c29-16-25-20-31-26(21-30-17-22-10-4-1-5-11-22)28(33-19-24-14-8-3-9-15-24)27(25)32-18-23-12-6-2-7-13-23/h1-16,20,26-28H,17-19,21H2/t26-,27-,28+/m1/s1. The zero-order valence-corrected chi connectivity index (χ0v) is 18.4. The molecule has 0 bridgehead atoms. The minimum Gasteiger partial charge on any atom is -0.492 e. The summed E-state index contributed by atoms with van der Waals surface area (Å²) in [6.07, 6.45) is 0.763. The first-order valence-electron chi connectivity index (χ1n) is 11.1. The van der Waals surface area contributed by atoms with Crippen LogP contribution in [-0.4, -0.2) is 31.2 Å². The SMILES string of the molecule is O=CC1=CO[C@H](COCc2ccccc2)[C@H](OCc2ccccc2)[C@@H]1OCc1ccccc1. The Bertz CT molecular complexity index is 1000. The number of benzene rings is 3. The van der Waals surface area contributed by atoms with Crippen molar-refractivity contribution < 1.29 is 23.7 Å². The van der Waals surface area contributed by atoms with Gasteiger partial charge < -0.3 is 18.9 Å². The highest BCUT2D eigenvalue weighted by Gasteiger charge is 2.38. The van der Waals surface area contributed by atoms with Crippen LogP contribution in [0.1, 0.15) is 16.7 Å². The molecular weight excluding hydrogens is 416 g/mol. The van der Waals surface area contributed by atoms with Crippen molar-refractivity contribution in [3.05, 3.63) is 120 Å². The van der Waals surface area contributed by atoms with Gasteiger partial charge in [-0.15, -0.1) is 0 Å². The summed E-state index contributed by atoms with van der Waals surface area (Å²) in [5.74, 6) is 0. The van der Waals surface area contributed by atoms with Gasteiger partial charge >= 0.3 is 0 Å². The number of carbonyl (C=O) groups is 1. The first-order chi connectivity index (χ1) is 16.3. The Morgan fingerprint density at radius 3 is 1.76 bits per heavy atom. The maximum Gasteiger partial charge on any atom is 0.151 e. The molecule has 0 spiro atoms. The molecule has 5 nitrogen and oxygen atoms in total. The summed E-state index contributed by atoms with van der Waals surface area (Å²) in [4.78, 5) is 11.8. The van der Waals surface area contributed by atoms with Crippen LogP contribution in [-0.2, 0) is 43.6 Å². The zero-order chi connectivity index (χ0) is 22.7. The van der Waals surface area contributed by atoms with Crippen LogP contribution in [0.15, 0.2) is 103 Å². The molecule has 3 aromatic carbocycles. The summed E-state index contributed by atoms with van der Waals surface area (Å²) in [6.45, 7) is 1.51. The van der Waals surface area contributed by atoms with Gasteiger partial charge in [-0.2, -0.15) is 0 Å². The van der Waals surface area contributed by atoms with Gasteiger partial charge in [-0.25, -0.2) is 0 Å². The highest BCUT2D eigenvalue weighted by molar-refractivity contribution is 5.74. The summed E-state index contributed by atoms with van der Waals surface area (Å²) in [5.41, 5.74) is 3.55. The summed E-state index contributed by atoms with van der Waals surface area (Å²) < 4.78 is 24.3. The van der Waals surface area contributed by atoms with Gasteiger partial charge in [0.2, 0.25) is 0 Å². The third-order valence-corrected chi connectivity index (χ3v) is 5.46.